The second-order valence-electron chi connectivity index (χ2n) is 8.16. The van der Waals surface area contributed by atoms with Crippen LogP contribution in [0.3, 0.4) is 0 Å². The number of fused-ring (bicyclic) bond motifs is 4. The van der Waals surface area contributed by atoms with Crippen LogP contribution in [0.5, 0.6) is 0 Å². The van der Waals surface area contributed by atoms with Gasteiger partial charge in [-0.05, 0) is 61.6 Å². The first-order chi connectivity index (χ1) is 14.8. The molecule has 1 N–H and O–H groups in total. The number of hydrogen-bond acceptors (Lipinski definition) is 6. The highest BCUT2D eigenvalue weighted by Gasteiger charge is 2.31. The van der Waals surface area contributed by atoms with Crippen LogP contribution in [0.1, 0.15) is 60.4 Å². The normalized spacial score (nSPS) is 20.5. The van der Waals surface area contributed by atoms with Crippen molar-refractivity contribution in [2.45, 2.75) is 50.6 Å². The highest BCUT2D eigenvalue weighted by molar-refractivity contribution is 6.30. The van der Waals surface area contributed by atoms with Gasteiger partial charge in [-0.25, -0.2) is 4.98 Å². The minimum atomic E-state index is 0. The maximum Gasteiger partial charge on any atom is 0.257 e. The minimum Gasteiger partial charge on any atom is -0.336 e. The zero-order valence-corrected chi connectivity index (χ0v) is 18.4. The van der Waals surface area contributed by atoms with Crippen molar-refractivity contribution in [1.82, 2.24) is 30.2 Å². The Labute approximate surface area is 190 Å². The molecule has 0 amide bonds. The Kier molecular flexibility index (Phi) is 5.42. The van der Waals surface area contributed by atoms with E-state index in [0.29, 0.717) is 24.1 Å². The van der Waals surface area contributed by atoms with Crippen molar-refractivity contribution in [1.29, 1.82) is 0 Å². The third-order valence-electron chi connectivity index (χ3n) is 6.39. The number of nitrogens with one attached hydrogen (secondary N) is 1. The molecule has 31 heavy (non-hydrogen) atoms. The van der Waals surface area contributed by atoms with Gasteiger partial charge in [0, 0.05) is 29.6 Å². The molecule has 0 radical (unpaired) electrons. The summed E-state index contributed by atoms with van der Waals surface area (Å²) in [6.45, 7) is 1.48. The number of halogens is 2. The molecule has 7 nitrogen and oxygen atoms in total. The number of aromatic nitrogens is 5. The first-order valence-electron chi connectivity index (χ1n) is 10.4. The number of benzene rings is 1. The Bertz CT molecular complexity index is 1230. The Balaban J connectivity index is 0.00000204. The molecule has 1 aliphatic carbocycles. The van der Waals surface area contributed by atoms with Gasteiger partial charge in [-0.1, -0.05) is 16.8 Å². The van der Waals surface area contributed by atoms with Crippen LogP contribution in [0.2, 0.25) is 5.02 Å². The van der Waals surface area contributed by atoms with Gasteiger partial charge in [0.25, 0.3) is 5.71 Å². The van der Waals surface area contributed by atoms with E-state index in [1.165, 1.54) is 5.56 Å². The zero-order valence-electron chi connectivity index (χ0n) is 16.8. The van der Waals surface area contributed by atoms with Crippen LogP contribution in [-0.2, 0) is 13.1 Å². The summed E-state index contributed by atoms with van der Waals surface area (Å²) in [6, 6.07) is 10.1. The fourth-order valence-corrected chi connectivity index (χ4v) is 5.11. The van der Waals surface area contributed by atoms with Gasteiger partial charge in [-0.2, -0.15) is 0 Å². The fourth-order valence-electron chi connectivity index (χ4n) is 4.91. The summed E-state index contributed by atoms with van der Waals surface area (Å²) in [7, 11) is 0. The summed E-state index contributed by atoms with van der Waals surface area (Å²) in [5.74, 6) is 2.79. The van der Waals surface area contributed by atoms with Crippen molar-refractivity contribution in [3.8, 4) is 5.69 Å². The SMILES string of the molecule is Cl.Clc1ccc2c(c1)CNCc1nnc([C@H]3CC[C@H](c4noc5ncccc54)CC3)n1-2. The van der Waals surface area contributed by atoms with Gasteiger partial charge in [0.1, 0.15) is 5.82 Å². The highest BCUT2D eigenvalue weighted by atomic mass is 35.5. The highest BCUT2D eigenvalue weighted by Crippen LogP contribution is 2.42. The van der Waals surface area contributed by atoms with Gasteiger partial charge < -0.3 is 9.84 Å². The quantitative estimate of drug-likeness (QED) is 0.460. The van der Waals surface area contributed by atoms with Gasteiger partial charge in [-0.15, -0.1) is 22.6 Å². The molecule has 0 unspecified atom stereocenters. The van der Waals surface area contributed by atoms with Crippen LogP contribution >= 0.6 is 24.0 Å². The van der Waals surface area contributed by atoms with Crippen molar-refractivity contribution in [2.24, 2.45) is 0 Å². The largest absolute Gasteiger partial charge is 0.336 e. The molecule has 9 heteroatoms. The van der Waals surface area contributed by atoms with Gasteiger partial charge in [-0.3, -0.25) is 4.57 Å². The second kappa shape index (κ2) is 8.22. The molecule has 0 atom stereocenters. The molecule has 1 fully saturated rings. The van der Waals surface area contributed by atoms with E-state index in [0.717, 1.165) is 65.7 Å². The van der Waals surface area contributed by atoms with Gasteiger partial charge in [0.15, 0.2) is 5.82 Å². The summed E-state index contributed by atoms with van der Waals surface area (Å²) in [5.41, 5.74) is 3.98. The Morgan fingerprint density at radius 1 is 1.03 bits per heavy atom. The molecule has 1 aliphatic heterocycles. The summed E-state index contributed by atoms with van der Waals surface area (Å²) in [4.78, 5) is 4.27. The van der Waals surface area contributed by atoms with Crippen molar-refractivity contribution >= 4 is 35.1 Å². The third kappa shape index (κ3) is 3.50. The maximum atomic E-state index is 6.24. The molecular formula is C22H22Cl2N6O. The predicted molar refractivity (Wildman–Crippen MR) is 120 cm³/mol. The van der Waals surface area contributed by atoms with E-state index >= 15 is 0 Å². The van der Waals surface area contributed by atoms with E-state index in [2.05, 4.69) is 36.3 Å². The van der Waals surface area contributed by atoms with Crippen LogP contribution in [-0.4, -0.2) is 24.9 Å². The monoisotopic (exact) mass is 456 g/mol. The Morgan fingerprint density at radius 3 is 2.74 bits per heavy atom. The molecule has 3 aromatic heterocycles. The first-order valence-corrected chi connectivity index (χ1v) is 10.8. The Morgan fingerprint density at radius 2 is 1.87 bits per heavy atom. The summed E-state index contributed by atoms with van der Waals surface area (Å²) in [5, 5.41) is 18.7. The third-order valence-corrected chi connectivity index (χ3v) is 6.63. The smallest absolute Gasteiger partial charge is 0.257 e. The van der Waals surface area contributed by atoms with Crippen molar-refractivity contribution in [3.63, 3.8) is 0 Å². The standard InChI is InChI=1S/C22H21ClN6O.ClH/c23-16-7-8-18-15(10-16)11-24-12-19-26-27-21(29(18)19)14-5-3-13(4-6-14)20-17-2-1-9-25-22(17)30-28-20;/h1-2,7-10,13-14,24H,3-6,11-12H2;1H/t13-,14-;. The zero-order chi connectivity index (χ0) is 20.1. The molecule has 4 aromatic rings. The predicted octanol–water partition coefficient (Wildman–Crippen LogP) is 4.92. The van der Waals surface area contributed by atoms with Gasteiger partial charge in [0.05, 0.1) is 23.3 Å². The summed E-state index contributed by atoms with van der Waals surface area (Å²) >= 11 is 6.24. The lowest BCUT2D eigenvalue weighted by Crippen LogP contribution is -2.17. The van der Waals surface area contributed by atoms with Crippen LogP contribution < -0.4 is 5.32 Å². The van der Waals surface area contributed by atoms with E-state index in [1.54, 1.807) is 6.20 Å². The lowest BCUT2D eigenvalue weighted by molar-refractivity contribution is 0.359. The van der Waals surface area contributed by atoms with E-state index in [1.807, 2.05) is 24.3 Å². The number of nitrogens with zero attached hydrogens (tertiary/aromatic N) is 5. The maximum absolute atomic E-state index is 6.24. The van der Waals surface area contributed by atoms with E-state index in [-0.39, 0.29) is 12.4 Å². The lowest BCUT2D eigenvalue weighted by Gasteiger charge is -2.27. The number of hydrogen-bond donors (Lipinski definition) is 1. The van der Waals surface area contributed by atoms with Crippen LogP contribution in [0.15, 0.2) is 41.1 Å². The molecule has 4 heterocycles. The van der Waals surface area contributed by atoms with Crippen LogP contribution in [0.4, 0.5) is 0 Å². The fraction of sp³-hybridized carbons (Fsp3) is 0.364. The molecule has 160 valence electrons. The van der Waals surface area contributed by atoms with Crippen molar-refractivity contribution < 1.29 is 4.52 Å². The molecule has 0 saturated heterocycles. The average Bonchev–Trinajstić information content (AvgIpc) is 3.34. The first kappa shape index (κ1) is 20.4. The number of pyridine rings is 1. The molecular weight excluding hydrogens is 435 g/mol. The van der Waals surface area contributed by atoms with Crippen molar-refractivity contribution in [3.05, 3.63) is 64.5 Å². The molecule has 1 aromatic carbocycles. The summed E-state index contributed by atoms with van der Waals surface area (Å²) < 4.78 is 7.68. The van der Waals surface area contributed by atoms with Crippen LogP contribution in [0.25, 0.3) is 16.8 Å². The average molecular weight is 457 g/mol. The van der Waals surface area contributed by atoms with Gasteiger partial charge >= 0.3 is 0 Å². The Hall–Kier alpha value is -2.48. The summed E-state index contributed by atoms with van der Waals surface area (Å²) in [6.07, 6.45) is 5.94. The van der Waals surface area contributed by atoms with Gasteiger partial charge in [0.2, 0.25) is 0 Å². The van der Waals surface area contributed by atoms with Crippen LogP contribution in [0, 0.1) is 0 Å². The molecule has 0 spiro atoms. The topological polar surface area (TPSA) is 81.7 Å². The lowest BCUT2D eigenvalue weighted by atomic mass is 9.79. The van der Waals surface area contributed by atoms with E-state index in [9.17, 15) is 0 Å². The molecule has 1 saturated carbocycles. The molecule has 6 rings (SSSR count). The van der Waals surface area contributed by atoms with E-state index < -0.39 is 0 Å². The van der Waals surface area contributed by atoms with Crippen molar-refractivity contribution in [2.75, 3.05) is 0 Å². The van der Waals surface area contributed by atoms with E-state index in [4.69, 9.17) is 16.1 Å². The molecule has 2 aliphatic rings. The number of rotatable bonds is 2. The second-order valence-corrected chi connectivity index (χ2v) is 8.60. The molecule has 0 bridgehead atoms. The minimum absolute atomic E-state index is 0.